The molecular formula is C16H23ClN2OS. The Labute approximate surface area is 136 Å². The zero-order valence-electron chi connectivity index (χ0n) is 12.7. The first-order valence-electron chi connectivity index (χ1n) is 7.31. The molecular weight excluding hydrogens is 304 g/mol. The van der Waals surface area contributed by atoms with Gasteiger partial charge in [-0.3, -0.25) is 4.79 Å². The molecule has 1 aliphatic rings. The second kappa shape index (κ2) is 6.95. The lowest BCUT2D eigenvalue weighted by molar-refractivity contribution is -0.137. The van der Waals surface area contributed by atoms with Crippen molar-refractivity contribution in [3.05, 3.63) is 34.0 Å². The molecule has 0 spiro atoms. The van der Waals surface area contributed by atoms with Gasteiger partial charge in [0.15, 0.2) is 0 Å². The Balaban J connectivity index is 2.12. The SMILES string of the molecule is C=CCN(Cc1ccc(Cl)s1)C(=O)C1NCCCC1(C)C. The number of hydrogen-bond acceptors (Lipinski definition) is 3. The van der Waals surface area contributed by atoms with Gasteiger partial charge < -0.3 is 10.2 Å². The highest BCUT2D eigenvalue weighted by Gasteiger charge is 2.39. The van der Waals surface area contributed by atoms with Crippen molar-refractivity contribution in [2.45, 2.75) is 39.3 Å². The third-order valence-corrected chi connectivity index (χ3v) is 5.23. The molecule has 0 aliphatic carbocycles. The summed E-state index contributed by atoms with van der Waals surface area (Å²) >= 11 is 7.50. The number of nitrogens with zero attached hydrogens (tertiary/aromatic N) is 1. The lowest BCUT2D eigenvalue weighted by Crippen LogP contribution is -2.56. The van der Waals surface area contributed by atoms with Crippen LogP contribution in [0.2, 0.25) is 4.34 Å². The van der Waals surface area contributed by atoms with E-state index in [9.17, 15) is 4.79 Å². The van der Waals surface area contributed by atoms with E-state index in [1.807, 2.05) is 17.0 Å². The second-order valence-electron chi connectivity index (χ2n) is 6.19. The van der Waals surface area contributed by atoms with Gasteiger partial charge in [-0.1, -0.05) is 31.5 Å². The molecule has 1 unspecified atom stereocenters. The molecule has 1 aromatic rings. The highest BCUT2D eigenvalue weighted by atomic mass is 35.5. The molecule has 0 aromatic carbocycles. The van der Waals surface area contributed by atoms with Crippen LogP contribution in [0.15, 0.2) is 24.8 Å². The Bertz CT molecular complexity index is 512. The van der Waals surface area contributed by atoms with Gasteiger partial charge >= 0.3 is 0 Å². The summed E-state index contributed by atoms with van der Waals surface area (Å²) in [5.41, 5.74) is -0.0121. The zero-order valence-corrected chi connectivity index (χ0v) is 14.3. The minimum absolute atomic E-state index is 0.0121. The number of halogens is 1. The summed E-state index contributed by atoms with van der Waals surface area (Å²) in [6, 6.07) is 3.73. The van der Waals surface area contributed by atoms with Gasteiger partial charge in [-0.25, -0.2) is 0 Å². The molecule has 1 aliphatic heterocycles. The van der Waals surface area contributed by atoms with Crippen LogP contribution in [0.5, 0.6) is 0 Å². The van der Waals surface area contributed by atoms with Crippen LogP contribution in [0.1, 0.15) is 31.6 Å². The van der Waals surface area contributed by atoms with E-state index >= 15 is 0 Å². The van der Waals surface area contributed by atoms with E-state index in [-0.39, 0.29) is 17.4 Å². The average Bonchev–Trinajstić information content (AvgIpc) is 2.82. The van der Waals surface area contributed by atoms with Gasteiger partial charge in [-0.2, -0.15) is 0 Å². The third kappa shape index (κ3) is 4.09. The number of thiophene rings is 1. The van der Waals surface area contributed by atoms with Crippen molar-refractivity contribution in [3.8, 4) is 0 Å². The van der Waals surface area contributed by atoms with E-state index in [1.165, 1.54) is 11.3 Å². The molecule has 3 nitrogen and oxygen atoms in total. The molecule has 116 valence electrons. The average molecular weight is 327 g/mol. The van der Waals surface area contributed by atoms with Gasteiger partial charge in [-0.15, -0.1) is 17.9 Å². The van der Waals surface area contributed by atoms with Crippen LogP contribution in [0.3, 0.4) is 0 Å². The number of nitrogens with one attached hydrogen (secondary N) is 1. The van der Waals surface area contributed by atoms with Crippen molar-refractivity contribution < 1.29 is 4.79 Å². The number of amides is 1. The topological polar surface area (TPSA) is 32.3 Å². The van der Waals surface area contributed by atoms with E-state index in [0.29, 0.717) is 13.1 Å². The van der Waals surface area contributed by atoms with E-state index in [1.54, 1.807) is 6.08 Å². The first-order valence-corrected chi connectivity index (χ1v) is 8.51. The fourth-order valence-electron chi connectivity index (χ4n) is 2.83. The molecule has 2 heterocycles. The van der Waals surface area contributed by atoms with Crippen LogP contribution in [0.25, 0.3) is 0 Å². The van der Waals surface area contributed by atoms with Gasteiger partial charge in [-0.05, 0) is 36.9 Å². The van der Waals surface area contributed by atoms with E-state index in [4.69, 9.17) is 11.6 Å². The highest BCUT2D eigenvalue weighted by Crippen LogP contribution is 2.32. The Kier molecular flexibility index (Phi) is 5.47. The zero-order chi connectivity index (χ0) is 15.5. The molecule has 1 N–H and O–H groups in total. The van der Waals surface area contributed by atoms with Crippen LogP contribution in [0, 0.1) is 5.41 Å². The van der Waals surface area contributed by atoms with Crippen LogP contribution < -0.4 is 5.32 Å². The smallest absolute Gasteiger partial charge is 0.240 e. The fraction of sp³-hybridized carbons (Fsp3) is 0.562. The van der Waals surface area contributed by atoms with Crippen LogP contribution in [0.4, 0.5) is 0 Å². The van der Waals surface area contributed by atoms with Crippen molar-refractivity contribution in [2.24, 2.45) is 5.41 Å². The molecule has 21 heavy (non-hydrogen) atoms. The fourth-order valence-corrected chi connectivity index (χ4v) is 3.93. The Morgan fingerprint density at radius 2 is 2.38 bits per heavy atom. The first kappa shape index (κ1) is 16.5. The summed E-state index contributed by atoms with van der Waals surface area (Å²) in [7, 11) is 0. The van der Waals surface area contributed by atoms with Gasteiger partial charge in [0.25, 0.3) is 0 Å². The predicted molar refractivity (Wildman–Crippen MR) is 89.7 cm³/mol. The molecule has 0 bridgehead atoms. The number of carbonyl (C=O) groups excluding carboxylic acids is 1. The van der Waals surface area contributed by atoms with E-state index in [2.05, 4.69) is 25.7 Å². The maximum atomic E-state index is 12.9. The minimum Gasteiger partial charge on any atom is -0.332 e. The molecule has 0 saturated carbocycles. The van der Waals surface area contributed by atoms with Crippen LogP contribution in [-0.2, 0) is 11.3 Å². The Hall–Kier alpha value is -0.840. The van der Waals surface area contributed by atoms with Gasteiger partial charge in [0.2, 0.25) is 5.91 Å². The number of carbonyl (C=O) groups is 1. The maximum Gasteiger partial charge on any atom is 0.240 e. The Morgan fingerprint density at radius 1 is 1.62 bits per heavy atom. The molecule has 0 radical (unpaired) electrons. The lowest BCUT2D eigenvalue weighted by Gasteiger charge is -2.40. The first-order chi connectivity index (χ1) is 9.94. The molecule has 5 heteroatoms. The minimum atomic E-state index is -0.123. The standard InChI is InChI=1S/C16H23ClN2OS/c1-4-10-19(11-12-6-7-13(17)21-12)15(20)14-16(2,3)8-5-9-18-14/h4,6-7,14,18H,1,5,8-11H2,2-3H3. The van der Waals surface area contributed by atoms with Crippen molar-refractivity contribution in [3.63, 3.8) is 0 Å². The summed E-state index contributed by atoms with van der Waals surface area (Å²) in [5.74, 6) is 0.157. The number of hydrogen-bond donors (Lipinski definition) is 1. The predicted octanol–water partition coefficient (Wildman–Crippen LogP) is 3.69. The monoisotopic (exact) mass is 326 g/mol. The summed E-state index contributed by atoms with van der Waals surface area (Å²) in [4.78, 5) is 15.9. The largest absolute Gasteiger partial charge is 0.332 e. The summed E-state index contributed by atoms with van der Waals surface area (Å²) in [5, 5.41) is 3.39. The second-order valence-corrected chi connectivity index (χ2v) is 7.99. The highest BCUT2D eigenvalue weighted by molar-refractivity contribution is 7.16. The quantitative estimate of drug-likeness (QED) is 0.837. The summed E-state index contributed by atoms with van der Waals surface area (Å²) in [6.07, 6.45) is 3.98. The van der Waals surface area contributed by atoms with Gasteiger partial charge in [0, 0.05) is 11.4 Å². The third-order valence-electron chi connectivity index (χ3n) is 4.01. The normalized spacial score (nSPS) is 21.0. The van der Waals surface area contributed by atoms with Crippen molar-refractivity contribution in [2.75, 3.05) is 13.1 Å². The lowest BCUT2D eigenvalue weighted by atomic mass is 9.77. The van der Waals surface area contributed by atoms with Crippen molar-refractivity contribution in [1.29, 1.82) is 0 Å². The van der Waals surface area contributed by atoms with Crippen LogP contribution in [-0.4, -0.2) is 29.9 Å². The maximum absolute atomic E-state index is 12.9. The summed E-state index contributed by atoms with van der Waals surface area (Å²) < 4.78 is 0.757. The molecule has 1 atom stereocenters. The Morgan fingerprint density at radius 3 is 2.95 bits per heavy atom. The van der Waals surface area contributed by atoms with Gasteiger partial charge in [0.1, 0.15) is 0 Å². The molecule has 1 fully saturated rings. The van der Waals surface area contributed by atoms with Gasteiger partial charge in [0.05, 0.1) is 16.9 Å². The van der Waals surface area contributed by atoms with Crippen molar-refractivity contribution >= 4 is 28.8 Å². The molecule has 1 aromatic heterocycles. The van der Waals surface area contributed by atoms with E-state index in [0.717, 1.165) is 28.6 Å². The number of rotatable bonds is 5. The van der Waals surface area contributed by atoms with Crippen LogP contribution >= 0.6 is 22.9 Å². The van der Waals surface area contributed by atoms with E-state index < -0.39 is 0 Å². The number of piperidine rings is 1. The molecule has 2 rings (SSSR count). The summed E-state index contributed by atoms with van der Waals surface area (Å²) in [6.45, 7) is 10.2. The molecule has 1 amide bonds. The molecule has 1 saturated heterocycles. The van der Waals surface area contributed by atoms with Crippen molar-refractivity contribution in [1.82, 2.24) is 10.2 Å².